The Morgan fingerprint density at radius 3 is 1.91 bits per heavy atom. The average Bonchev–Trinajstić information content (AvgIpc) is 2.10. The van der Waals surface area contributed by atoms with E-state index >= 15 is 0 Å². The molecule has 1 aliphatic rings. The van der Waals surface area contributed by atoms with Crippen LogP contribution in [-0.2, 0) is 0 Å². The van der Waals surface area contributed by atoms with Crippen LogP contribution in [0.15, 0.2) is 0 Å². The maximum absolute atomic E-state index is 4.23. The van der Waals surface area contributed by atoms with Gasteiger partial charge in [0.05, 0.1) is 0 Å². The van der Waals surface area contributed by atoms with Crippen molar-refractivity contribution in [2.45, 2.75) is 20.8 Å². The van der Waals surface area contributed by atoms with E-state index in [4.69, 9.17) is 0 Å². The van der Waals surface area contributed by atoms with E-state index in [0.29, 0.717) is 0 Å². The van der Waals surface area contributed by atoms with Gasteiger partial charge in [-0.1, -0.05) is 20.8 Å². The van der Waals surface area contributed by atoms with E-state index in [1.807, 2.05) is 13.8 Å². The summed E-state index contributed by atoms with van der Waals surface area (Å²) >= 11 is 0. The van der Waals surface area contributed by atoms with Gasteiger partial charge < -0.3 is 10.2 Å². The second kappa shape index (κ2) is 11.7. The van der Waals surface area contributed by atoms with Crippen LogP contribution in [0.4, 0.5) is 0 Å². The molecular formula is C8H19N2Rb. The van der Waals surface area contributed by atoms with E-state index in [1.165, 1.54) is 19.6 Å². The summed E-state index contributed by atoms with van der Waals surface area (Å²) in [6.07, 6.45) is 0. The van der Waals surface area contributed by atoms with Crippen LogP contribution >= 0.6 is 0 Å². The minimum atomic E-state index is 0. The zero-order valence-electron chi connectivity index (χ0n) is 8.43. The molecule has 11 heavy (non-hydrogen) atoms. The molecule has 1 heterocycles. The molecule has 0 aromatic heterocycles. The van der Waals surface area contributed by atoms with Crippen LogP contribution < -0.4 is 58.2 Å². The Hall–Kier alpha value is 1.73. The first-order valence-corrected chi connectivity index (χ1v) is 4.29. The molecule has 0 unspecified atom stereocenters. The molecule has 0 spiro atoms. The van der Waals surface area contributed by atoms with E-state index < -0.39 is 0 Å². The molecule has 1 saturated heterocycles. The van der Waals surface area contributed by atoms with Crippen LogP contribution in [0.2, 0.25) is 0 Å². The number of hydrogen-bond acceptors (Lipinski definition) is 1. The first-order chi connectivity index (χ1) is 4.93. The maximum Gasteiger partial charge on any atom is 1.00 e. The molecule has 1 fully saturated rings. The normalized spacial score (nSPS) is 17.7. The first-order valence-electron chi connectivity index (χ1n) is 4.29. The predicted molar refractivity (Wildman–Crippen MR) is 46.6 cm³/mol. The van der Waals surface area contributed by atoms with Crippen molar-refractivity contribution in [3.05, 3.63) is 5.32 Å². The van der Waals surface area contributed by atoms with Gasteiger partial charge >= 0.3 is 58.2 Å². The zero-order chi connectivity index (χ0) is 7.82. The molecule has 62 valence electrons. The fraction of sp³-hybridized carbons (Fsp3) is 1.00. The fourth-order valence-electron chi connectivity index (χ4n) is 0.964. The third kappa shape index (κ3) is 8.07. The van der Waals surface area contributed by atoms with Crippen molar-refractivity contribution in [1.82, 2.24) is 4.90 Å². The second-order valence-corrected chi connectivity index (χ2v) is 2.11. The van der Waals surface area contributed by atoms with E-state index in [2.05, 4.69) is 17.1 Å². The summed E-state index contributed by atoms with van der Waals surface area (Å²) in [6.45, 7) is 11.8. The van der Waals surface area contributed by atoms with Crippen molar-refractivity contribution >= 4 is 0 Å². The Morgan fingerprint density at radius 1 is 1.18 bits per heavy atom. The second-order valence-electron chi connectivity index (χ2n) is 2.11. The zero-order valence-corrected chi connectivity index (χ0v) is 13.3. The standard InChI is InChI=1S/C6H13N2.C2H6.Rb/c1-2-8-5-3-7-4-6-8;1-2;/h2-6H2,1H3;1-2H3;/q-1;;+1. The van der Waals surface area contributed by atoms with Gasteiger partial charge in [-0.2, -0.15) is 0 Å². The van der Waals surface area contributed by atoms with Gasteiger partial charge in [-0.25, -0.2) is 0 Å². The Balaban J connectivity index is 0. The first kappa shape index (κ1) is 15.2. The molecular weight excluding hydrogens is 210 g/mol. The number of piperazine rings is 1. The molecule has 2 nitrogen and oxygen atoms in total. The minimum absolute atomic E-state index is 0. The van der Waals surface area contributed by atoms with E-state index in [9.17, 15) is 0 Å². The molecule has 0 radical (unpaired) electrons. The summed E-state index contributed by atoms with van der Waals surface area (Å²) < 4.78 is 0. The Morgan fingerprint density at radius 2 is 1.64 bits per heavy atom. The van der Waals surface area contributed by atoms with Crippen molar-refractivity contribution in [3.8, 4) is 0 Å². The third-order valence-corrected chi connectivity index (χ3v) is 1.60. The van der Waals surface area contributed by atoms with Crippen molar-refractivity contribution in [1.29, 1.82) is 0 Å². The predicted octanol–water partition coefficient (Wildman–Crippen LogP) is -1.27. The number of rotatable bonds is 1. The molecule has 0 N–H and O–H groups in total. The summed E-state index contributed by atoms with van der Waals surface area (Å²) in [5.41, 5.74) is 0. The van der Waals surface area contributed by atoms with Gasteiger partial charge in [0, 0.05) is 0 Å². The Labute approximate surface area is 120 Å². The van der Waals surface area contributed by atoms with Gasteiger partial charge in [-0.15, -0.1) is 13.1 Å². The maximum atomic E-state index is 4.23. The van der Waals surface area contributed by atoms with Crippen molar-refractivity contribution in [3.63, 3.8) is 0 Å². The molecule has 0 aliphatic carbocycles. The van der Waals surface area contributed by atoms with Gasteiger partial charge in [0.2, 0.25) is 0 Å². The number of hydrogen-bond donors (Lipinski definition) is 0. The topological polar surface area (TPSA) is 17.3 Å². The Bertz CT molecular complexity index is 63.1. The molecule has 0 amide bonds. The van der Waals surface area contributed by atoms with E-state index in [1.54, 1.807) is 0 Å². The smallest absolute Gasteiger partial charge is 0.660 e. The van der Waals surface area contributed by atoms with Gasteiger partial charge in [-0.05, 0) is 19.6 Å². The van der Waals surface area contributed by atoms with Crippen LogP contribution in [0.1, 0.15) is 20.8 Å². The molecule has 1 aliphatic heterocycles. The molecule has 0 aromatic rings. The van der Waals surface area contributed by atoms with Crippen molar-refractivity contribution in [2.24, 2.45) is 0 Å². The van der Waals surface area contributed by atoms with Crippen molar-refractivity contribution in [2.75, 3.05) is 32.7 Å². The van der Waals surface area contributed by atoms with Gasteiger partial charge in [0.25, 0.3) is 0 Å². The third-order valence-electron chi connectivity index (χ3n) is 1.60. The monoisotopic (exact) mass is 228 g/mol. The summed E-state index contributed by atoms with van der Waals surface area (Å²) in [4.78, 5) is 2.42. The summed E-state index contributed by atoms with van der Waals surface area (Å²) in [7, 11) is 0. The van der Waals surface area contributed by atoms with Crippen molar-refractivity contribution < 1.29 is 58.2 Å². The van der Waals surface area contributed by atoms with Crippen LogP contribution in [0.25, 0.3) is 5.32 Å². The van der Waals surface area contributed by atoms with Crippen LogP contribution in [-0.4, -0.2) is 37.6 Å². The van der Waals surface area contributed by atoms with Gasteiger partial charge in [-0.3, -0.25) is 0 Å². The fourth-order valence-corrected chi connectivity index (χ4v) is 0.964. The Kier molecular flexibility index (Phi) is 16.2. The average molecular weight is 229 g/mol. The van der Waals surface area contributed by atoms with E-state index in [-0.39, 0.29) is 58.2 Å². The van der Waals surface area contributed by atoms with Gasteiger partial charge in [0.1, 0.15) is 0 Å². The molecule has 0 saturated carbocycles. The molecule has 3 heteroatoms. The van der Waals surface area contributed by atoms with Gasteiger partial charge in [0.15, 0.2) is 0 Å². The van der Waals surface area contributed by atoms with E-state index in [0.717, 1.165) is 13.1 Å². The molecule has 0 atom stereocenters. The molecule has 0 bridgehead atoms. The summed E-state index contributed by atoms with van der Waals surface area (Å²) in [6, 6.07) is 0. The summed E-state index contributed by atoms with van der Waals surface area (Å²) in [5.74, 6) is 0. The van der Waals surface area contributed by atoms with Crippen LogP contribution in [0, 0.1) is 0 Å². The largest absolute Gasteiger partial charge is 1.00 e. The SMILES string of the molecule is CC.CCN1CC[N-]CC1.[Rb+]. The van der Waals surface area contributed by atoms with Crippen LogP contribution in [0.3, 0.4) is 0 Å². The van der Waals surface area contributed by atoms with Crippen LogP contribution in [0.5, 0.6) is 0 Å². The minimum Gasteiger partial charge on any atom is -0.660 e. The summed E-state index contributed by atoms with van der Waals surface area (Å²) in [5, 5.41) is 4.23. The number of nitrogens with zero attached hydrogens (tertiary/aromatic N) is 2. The molecule has 0 aromatic carbocycles. The molecule has 1 rings (SSSR count). The quantitative estimate of drug-likeness (QED) is 0.547. The number of likely N-dealkylation sites (N-methyl/N-ethyl adjacent to an activating group) is 1.